The Morgan fingerprint density at radius 1 is 1.20 bits per heavy atom. The topological polar surface area (TPSA) is 99.4 Å². The van der Waals surface area contributed by atoms with Crippen molar-refractivity contribution >= 4 is 23.4 Å². The summed E-state index contributed by atoms with van der Waals surface area (Å²) in [7, 11) is 3.01. The molecule has 210 valence electrons. The summed E-state index contributed by atoms with van der Waals surface area (Å²) in [6, 6.07) is 10.7. The Morgan fingerprint density at radius 3 is 2.55 bits per heavy atom. The van der Waals surface area contributed by atoms with Crippen LogP contribution in [-0.4, -0.2) is 43.1 Å². The van der Waals surface area contributed by atoms with Crippen molar-refractivity contribution in [3.8, 4) is 11.5 Å². The number of hydrogen-bond donors (Lipinski definition) is 1. The van der Waals surface area contributed by atoms with Gasteiger partial charge in [0.05, 0.1) is 35.6 Å². The van der Waals surface area contributed by atoms with Gasteiger partial charge in [-0.05, 0) is 54.2 Å². The number of rotatable bonds is 10. The minimum atomic E-state index is -0.708. The molecule has 0 aliphatic carbocycles. The summed E-state index contributed by atoms with van der Waals surface area (Å²) in [4.78, 5) is 32.4. The van der Waals surface area contributed by atoms with E-state index in [9.17, 15) is 14.7 Å². The van der Waals surface area contributed by atoms with Gasteiger partial charge in [0.15, 0.2) is 16.3 Å². The average Bonchev–Trinajstić information content (AvgIpc) is 3.23. The molecule has 0 fully saturated rings. The van der Waals surface area contributed by atoms with Crippen LogP contribution in [0.1, 0.15) is 55.0 Å². The van der Waals surface area contributed by atoms with E-state index in [-0.39, 0.29) is 24.5 Å². The van der Waals surface area contributed by atoms with Gasteiger partial charge in [-0.25, -0.2) is 9.79 Å². The van der Waals surface area contributed by atoms with Crippen LogP contribution in [0.5, 0.6) is 11.5 Å². The van der Waals surface area contributed by atoms with Crippen molar-refractivity contribution in [2.75, 3.05) is 27.4 Å². The van der Waals surface area contributed by atoms with E-state index in [0.29, 0.717) is 49.8 Å². The van der Waals surface area contributed by atoms with E-state index < -0.39 is 12.0 Å². The molecule has 0 saturated heterocycles. The number of aromatic hydroxyl groups is 1. The number of ether oxygens (including phenoxy) is 3. The molecule has 0 radical (unpaired) electrons. The molecule has 3 aromatic rings. The van der Waals surface area contributed by atoms with Crippen LogP contribution in [0.2, 0.25) is 0 Å². The maximum atomic E-state index is 13.9. The lowest BCUT2D eigenvalue weighted by atomic mass is 9.93. The van der Waals surface area contributed by atoms with Gasteiger partial charge in [-0.2, -0.15) is 0 Å². The first-order chi connectivity index (χ1) is 19.2. The van der Waals surface area contributed by atoms with Gasteiger partial charge in [-0.15, -0.1) is 6.58 Å². The monoisotopic (exact) mass is 562 g/mol. The standard InChI is InChI=1S/C31H34N2O6S/c1-7-8-23-15-20(16-24(38-6)28(23)34)17-25-29(35)33-27(22-11-9-21(10-12-22)18(2)3)26(19(4)32-31(33)40-25)30(36)39-14-13-37-5/h7,9-12,15-18,27,34H,1,8,13-14H2,2-6H3. The second kappa shape index (κ2) is 12.5. The fourth-order valence-corrected chi connectivity index (χ4v) is 5.69. The van der Waals surface area contributed by atoms with Gasteiger partial charge in [-0.1, -0.05) is 55.5 Å². The fraction of sp³-hybridized carbons (Fsp3) is 0.323. The Balaban J connectivity index is 1.90. The second-order valence-electron chi connectivity index (χ2n) is 9.76. The molecular formula is C31H34N2O6S. The lowest BCUT2D eigenvalue weighted by molar-refractivity contribution is -0.140. The molecule has 1 aliphatic heterocycles. The highest BCUT2D eigenvalue weighted by Gasteiger charge is 2.33. The molecule has 0 spiro atoms. The number of methoxy groups -OCH3 is 2. The summed E-state index contributed by atoms with van der Waals surface area (Å²) < 4.78 is 17.9. The van der Waals surface area contributed by atoms with Crippen molar-refractivity contribution < 1.29 is 24.1 Å². The van der Waals surface area contributed by atoms with E-state index in [1.54, 1.807) is 35.8 Å². The van der Waals surface area contributed by atoms with E-state index in [1.165, 1.54) is 25.6 Å². The first kappa shape index (κ1) is 29.0. The van der Waals surface area contributed by atoms with Crippen molar-refractivity contribution in [2.24, 2.45) is 4.99 Å². The molecule has 2 aromatic carbocycles. The molecular weight excluding hydrogens is 528 g/mol. The number of hydrogen-bond acceptors (Lipinski definition) is 8. The van der Waals surface area contributed by atoms with Crippen molar-refractivity contribution in [3.05, 3.63) is 102 Å². The van der Waals surface area contributed by atoms with Crippen molar-refractivity contribution in [1.82, 2.24) is 4.57 Å². The summed E-state index contributed by atoms with van der Waals surface area (Å²) in [6.45, 7) is 10.1. The molecule has 1 N–H and O–H groups in total. The van der Waals surface area contributed by atoms with E-state index in [0.717, 1.165) is 11.1 Å². The third-order valence-corrected chi connectivity index (χ3v) is 7.72. The van der Waals surface area contributed by atoms with Crippen LogP contribution in [0.25, 0.3) is 6.08 Å². The highest BCUT2D eigenvalue weighted by Crippen LogP contribution is 2.33. The number of phenolic OH excluding ortho intramolecular Hbond substituents is 1. The van der Waals surface area contributed by atoms with Crippen LogP contribution in [0, 0.1) is 0 Å². The lowest BCUT2D eigenvalue weighted by Crippen LogP contribution is -2.40. The van der Waals surface area contributed by atoms with Gasteiger partial charge in [-0.3, -0.25) is 9.36 Å². The Morgan fingerprint density at radius 2 is 1.93 bits per heavy atom. The van der Waals surface area contributed by atoms with Gasteiger partial charge in [0, 0.05) is 12.7 Å². The SMILES string of the molecule is C=CCc1cc(C=c2sc3n(c2=O)C(c2ccc(C(C)C)cc2)C(C(=O)OCCOC)=C(C)N=3)cc(OC)c1O. The number of carbonyl (C=O) groups excluding carboxylic acids is 1. The molecule has 0 amide bonds. The fourth-order valence-electron chi connectivity index (χ4n) is 4.65. The van der Waals surface area contributed by atoms with E-state index >= 15 is 0 Å². The van der Waals surface area contributed by atoms with Crippen LogP contribution < -0.4 is 19.6 Å². The molecule has 40 heavy (non-hydrogen) atoms. The summed E-state index contributed by atoms with van der Waals surface area (Å²) in [5.41, 5.74) is 3.77. The number of benzene rings is 2. The van der Waals surface area contributed by atoms with Gasteiger partial charge in [0.2, 0.25) is 0 Å². The van der Waals surface area contributed by atoms with Crippen LogP contribution in [0.3, 0.4) is 0 Å². The Kier molecular flexibility index (Phi) is 9.07. The largest absolute Gasteiger partial charge is 0.504 e. The van der Waals surface area contributed by atoms with Gasteiger partial charge in [0.1, 0.15) is 6.61 Å². The highest BCUT2D eigenvalue weighted by atomic mass is 32.1. The smallest absolute Gasteiger partial charge is 0.338 e. The number of carbonyl (C=O) groups is 1. The van der Waals surface area contributed by atoms with E-state index in [2.05, 4.69) is 25.4 Å². The minimum Gasteiger partial charge on any atom is -0.504 e. The summed E-state index contributed by atoms with van der Waals surface area (Å²) >= 11 is 1.24. The van der Waals surface area contributed by atoms with E-state index in [1.807, 2.05) is 24.3 Å². The normalized spacial score (nSPS) is 15.2. The van der Waals surface area contributed by atoms with Gasteiger partial charge >= 0.3 is 5.97 Å². The molecule has 1 aromatic heterocycles. The molecule has 8 nitrogen and oxygen atoms in total. The molecule has 0 bridgehead atoms. The van der Waals surface area contributed by atoms with Crippen LogP contribution in [0.15, 0.2) is 70.1 Å². The number of phenols is 1. The zero-order valence-electron chi connectivity index (χ0n) is 23.4. The maximum Gasteiger partial charge on any atom is 0.338 e. The number of fused-ring (bicyclic) bond motifs is 1. The number of allylic oxidation sites excluding steroid dienone is 2. The predicted octanol–water partition coefficient (Wildman–Crippen LogP) is 3.99. The second-order valence-corrected chi connectivity index (χ2v) is 10.8. The number of thiazole rings is 1. The zero-order chi connectivity index (χ0) is 29.0. The van der Waals surface area contributed by atoms with Gasteiger partial charge < -0.3 is 19.3 Å². The van der Waals surface area contributed by atoms with Crippen LogP contribution in [-0.2, 0) is 20.7 Å². The summed E-state index contributed by atoms with van der Waals surface area (Å²) in [5.74, 6) is 0.138. The molecule has 1 atom stereocenters. The Hall–Kier alpha value is -3.95. The lowest BCUT2D eigenvalue weighted by Gasteiger charge is -2.25. The Labute approximate surface area is 237 Å². The van der Waals surface area contributed by atoms with E-state index in [4.69, 9.17) is 14.2 Å². The summed E-state index contributed by atoms with van der Waals surface area (Å²) in [6.07, 6.45) is 3.87. The minimum absolute atomic E-state index is 0.0399. The molecule has 1 aliphatic rings. The first-order valence-electron chi connectivity index (χ1n) is 13.0. The average molecular weight is 563 g/mol. The van der Waals surface area contributed by atoms with Crippen LogP contribution >= 0.6 is 11.3 Å². The van der Waals surface area contributed by atoms with Crippen molar-refractivity contribution in [3.63, 3.8) is 0 Å². The van der Waals surface area contributed by atoms with Gasteiger partial charge in [0.25, 0.3) is 5.56 Å². The molecule has 1 unspecified atom stereocenters. The van der Waals surface area contributed by atoms with Crippen LogP contribution in [0.4, 0.5) is 0 Å². The van der Waals surface area contributed by atoms with Crippen molar-refractivity contribution in [2.45, 2.75) is 39.2 Å². The highest BCUT2D eigenvalue weighted by molar-refractivity contribution is 7.07. The third-order valence-electron chi connectivity index (χ3n) is 6.74. The number of aromatic nitrogens is 1. The quantitative estimate of drug-likeness (QED) is 0.228. The Bertz CT molecular complexity index is 1630. The molecule has 0 saturated carbocycles. The van der Waals surface area contributed by atoms with Crippen molar-refractivity contribution in [1.29, 1.82) is 0 Å². The molecule has 2 heterocycles. The third kappa shape index (κ3) is 5.80. The molecule has 4 rings (SSSR count). The first-order valence-corrected chi connectivity index (χ1v) is 13.8. The zero-order valence-corrected chi connectivity index (χ0v) is 24.2. The predicted molar refractivity (Wildman–Crippen MR) is 156 cm³/mol. The molecule has 9 heteroatoms. The summed E-state index contributed by atoms with van der Waals surface area (Å²) in [5, 5.41) is 10.5. The number of esters is 1. The maximum absolute atomic E-state index is 13.9. The number of nitrogens with zero attached hydrogens (tertiary/aromatic N) is 2.